The van der Waals surface area contributed by atoms with Crippen LogP contribution < -0.4 is 0 Å². The number of rotatable bonds is 0. The monoisotopic (exact) mass is 167 g/mol. The summed E-state index contributed by atoms with van der Waals surface area (Å²) in [4.78, 5) is 12.6. The largest absolute Gasteiger partial charge is 0.345 e. The number of amides is 2. The molecule has 0 saturated carbocycles. The van der Waals surface area contributed by atoms with Gasteiger partial charge >= 0.3 is 6.03 Å². The minimum Gasteiger partial charge on any atom is -0.305 e. The predicted molar refractivity (Wildman–Crippen MR) is 38.2 cm³/mol. The van der Waals surface area contributed by atoms with Crippen molar-refractivity contribution in [3.8, 4) is 6.07 Å². The van der Waals surface area contributed by atoms with Gasteiger partial charge in [-0.25, -0.2) is 9.86 Å². The number of carbonyl (C=O) groups is 1. The van der Waals surface area contributed by atoms with Crippen molar-refractivity contribution in [2.45, 2.75) is 24.9 Å². The van der Waals surface area contributed by atoms with Crippen molar-refractivity contribution in [2.24, 2.45) is 0 Å². The Morgan fingerprint density at radius 3 is 3.00 bits per heavy atom. The molecule has 2 aliphatic heterocycles. The molecule has 5 heteroatoms. The molecule has 0 aromatic carbocycles. The lowest BCUT2D eigenvalue weighted by Crippen LogP contribution is -2.38. The zero-order valence-electron chi connectivity index (χ0n) is 6.47. The smallest absolute Gasteiger partial charge is 0.305 e. The molecule has 2 saturated heterocycles. The molecule has 5 nitrogen and oxygen atoms in total. The molecule has 0 aliphatic carbocycles. The van der Waals surface area contributed by atoms with E-state index in [0.29, 0.717) is 13.0 Å². The highest BCUT2D eigenvalue weighted by atomic mass is 16.5. The van der Waals surface area contributed by atoms with Gasteiger partial charge in [0.2, 0.25) is 0 Å². The predicted octanol–water partition coefficient (Wildman–Crippen LogP) is 0.168. The number of fused-ring (bicyclic) bond motifs is 2. The summed E-state index contributed by atoms with van der Waals surface area (Å²) >= 11 is 0. The fourth-order valence-electron chi connectivity index (χ4n) is 1.78. The second kappa shape index (κ2) is 2.35. The highest BCUT2D eigenvalue weighted by Crippen LogP contribution is 2.27. The van der Waals surface area contributed by atoms with E-state index in [1.165, 1.54) is 4.90 Å². The van der Waals surface area contributed by atoms with Gasteiger partial charge in [-0.1, -0.05) is 0 Å². The molecule has 2 bridgehead atoms. The molecule has 12 heavy (non-hydrogen) atoms. The zero-order chi connectivity index (χ0) is 8.72. The van der Waals surface area contributed by atoms with E-state index in [0.717, 1.165) is 11.5 Å². The van der Waals surface area contributed by atoms with Crippen LogP contribution in [0, 0.1) is 11.3 Å². The minimum atomic E-state index is -0.427. The Labute approximate surface area is 69.7 Å². The first kappa shape index (κ1) is 7.37. The number of nitrogens with zero attached hydrogens (tertiary/aromatic N) is 3. The molecule has 0 spiro atoms. The Kier molecular flexibility index (Phi) is 1.45. The van der Waals surface area contributed by atoms with Crippen molar-refractivity contribution in [3.05, 3.63) is 0 Å². The van der Waals surface area contributed by atoms with E-state index in [-0.39, 0.29) is 12.1 Å². The van der Waals surface area contributed by atoms with Crippen molar-refractivity contribution in [1.82, 2.24) is 9.96 Å². The second-order valence-corrected chi connectivity index (χ2v) is 3.16. The van der Waals surface area contributed by atoms with E-state index in [2.05, 4.69) is 0 Å². The van der Waals surface area contributed by atoms with E-state index >= 15 is 0 Å². The molecule has 2 rings (SSSR count). The molecule has 1 N–H and O–H groups in total. The van der Waals surface area contributed by atoms with Gasteiger partial charge in [-0.3, -0.25) is 5.21 Å². The number of nitriles is 1. The molecular weight excluding hydrogens is 158 g/mol. The summed E-state index contributed by atoms with van der Waals surface area (Å²) in [7, 11) is 0. The molecule has 1 unspecified atom stereocenters. The summed E-state index contributed by atoms with van der Waals surface area (Å²) in [6, 6.07) is 1.19. The third-order valence-electron chi connectivity index (χ3n) is 2.49. The lowest BCUT2D eigenvalue weighted by molar-refractivity contribution is -0.0583. The van der Waals surface area contributed by atoms with Crippen molar-refractivity contribution in [1.29, 1.82) is 5.26 Å². The van der Waals surface area contributed by atoms with Gasteiger partial charge in [-0.05, 0) is 12.8 Å². The minimum absolute atomic E-state index is 0.0953. The van der Waals surface area contributed by atoms with Crippen LogP contribution in [0.2, 0.25) is 0 Å². The standard InChI is InChI=1S/C7H9N3O2/c8-3-5-1-2-6-4-9(5)7(11)10(6)12/h5-6,12H,1-2,4H2/t5-,6?/m0/s1. The summed E-state index contributed by atoms with van der Waals surface area (Å²) in [5, 5.41) is 18.6. The normalized spacial score (nSPS) is 33.8. The molecule has 2 fully saturated rings. The van der Waals surface area contributed by atoms with Crippen LogP contribution in [0.15, 0.2) is 0 Å². The van der Waals surface area contributed by atoms with Gasteiger partial charge < -0.3 is 4.90 Å². The van der Waals surface area contributed by atoms with E-state index in [4.69, 9.17) is 5.26 Å². The van der Waals surface area contributed by atoms with Crippen LogP contribution in [0.4, 0.5) is 4.79 Å². The van der Waals surface area contributed by atoms with Gasteiger partial charge in [0.05, 0.1) is 12.1 Å². The zero-order valence-corrected chi connectivity index (χ0v) is 6.47. The SMILES string of the molecule is N#C[C@@H]1CCC2CN1C(=O)N2O. The molecule has 0 aromatic rings. The van der Waals surface area contributed by atoms with E-state index in [1.54, 1.807) is 0 Å². The third-order valence-corrected chi connectivity index (χ3v) is 2.49. The molecule has 2 amide bonds. The van der Waals surface area contributed by atoms with Crippen LogP contribution in [0.5, 0.6) is 0 Å². The topological polar surface area (TPSA) is 67.6 Å². The van der Waals surface area contributed by atoms with Gasteiger partial charge in [0.15, 0.2) is 0 Å². The van der Waals surface area contributed by atoms with Gasteiger partial charge in [0, 0.05) is 6.54 Å². The number of hydrogen-bond acceptors (Lipinski definition) is 3. The summed E-state index contributed by atoms with van der Waals surface area (Å²) in [5.41, 5.74) is 0. The number of piperidine rings is 1. The van der Waals surface area contributed by atoms with Crippen molar-refractivity contribution in [3.63, 3.8) is 0 Å². The number of urea groups is 1. The van der Waals surface area contributed by atoms with Gasteiger partial charge in [-0.2, -0.15) is 5.26 Å². The molecule has 2 atom stereocenters. The average molecular weight is 167 g/mol. The van der Waals surface area contributed by atoms with Crippen LogP contribution in [-0.4, -0.2) is 39.8 Å². The first-order valence-electron chi connectivity index (χ1n) is 3.92. The lowest BCUT2D eigenvalue weighted by atomic mass is 10.0. The van der Waals surface area contributed by atoms with Crippen LogP contribution in [-0.2, 0) is 0 Å². The summed E-state index contributed by atoms with van der Waals surface area (Å²) in [5.74, 6) is 0. The highest BCUT2D eigenvalue weighted by Gasteiger charge is 2.44. The maximum absolute atomic E-state index is 11.2. The third kappa shape index (κ3) is 0.786. The Balaban J connectivity index is 2.24. The Hall–Kier alpha value is -1.28. The highest BCUT2D eigenvalue weighted by molar-refractivity contribution is 5.77. The first-order chi connectivity index (χ1) is 5.74. The molecule has 0 radical (unpaired) electrons. The van der Waals surface area contributed by atoms with Gasteiger partial charge in [0.1, 0.15) is 6.04 Å². The van der Waals surface area contributed by atoms with Crippen molar-refractivity contribution < 1.29 is 10.0 Å². The van der Waals surface area contributed by atoms with E-state index in [1.807, 2.05) is 6.07 Å². The number of carbonyl (C=O) groups excluding carboxylic acids is 1. The van der Waals surface area contributed by atoms with Crippen LogP contribution in [0.25, 0.3) is 0 Å². The summed E-state index contributed by atoms with van der Waals surface area (Å²) in [6.45, 7) is 0.494. The molecule has 64 valence electrons. The van der Waals surface area contributed by atoms with Crippen LogP contribution >= 0.6 is 0 Å². The quantitative estimate of drug-likeness (QED) is 0.523. The van der Waals surface area contributed by atoms with Crippen molar-refractivity contribution >= 4 is 6.03 Å². The lowest BCUT2D eigenvalue weighted by Gasteiger charge is -2.24. The Morgan fingerprint density at radius 2 is 2.33 bits per heavy atom. The molecule has 2 aliphatic rings. The second-order valence-electron chi connectivity index (χ2n) is 3.16. The first-order valence-corrected chi connectivity index (χ1v) is 3.92. The fraction of sp³-hybridized carbons (Fsp3) is 0.714. The fourth-order valence-corrected chi connectivity index (χ4v) is 1.78. The number of hydrogen-bond donors (Lipinski definition) is 1. The van der Waals surface area contributed by atoms with Gasteiger partial charge in [-0.15, -0.1) is 0 Å². The maximum atomic E-state index is 11.2. The van der Waals surface area contributed by atoms with Gasteiger partial charge in [0.25, 0.3) is 0 Å². The Bertz CT molecular complexity index is 260. The van der Waals surface area contributed by atoms with Crippen molar-refractivity contribution in [2.75, 3.05) is 6.54 Å². The van der Waals surface area contributed by atoms with E-state index in [9.17, 15) is 10.0 Å². The van der Waals surface area contributed by atoms with Crippen LogP contribution in [0.3, 0.4) is 0 Å². The van der Waals surface area contributed by atoms with Crippen LogP contribution in [0.1, 0.15) is 12.8 Å². The molecule has 0 aromatic heterocycles. The maximum Gasteiger partial charge on any atom is 0.345 e. The molecular formula is C7H9N3O2. The average Bonchev–Trinajstić information content (AvgIpc) is 2.33. The summed E-state index contributed by atoms with van der Waals surface area (Å²) < 4.78 is 0. The summed E-state index contributed by atoms with van der Waals surface area (Å²) in [6.07, 6.45) is 1.39. The molecule has 2 heterocycles. The number of hydroxylamine groups is 2. The van der Waals surface area contributed by atoms with E-state index < -0.39 is 6.03 Å². The Morgan fingerprint density at radius 1 is 1.58 bits per heavy atom.